The van der Waals surface area contributed by atoms with Gasteiger partial charge in [0, 0.05) is 0 Å². The van der Waals surface area contributed by atoms with Crippen molar-refractivity contribution in [2.75, 3.05) is 19.6 Å². The molecule has 0 aromatic carbocycles. The first-order valence-corrected chi connectivity index (χ1v) is 10.9. The number of aldehydes is 1. The summed E-state index contributed by atoms with van der Waals surface area (Å²) in [4.78, 5) is 11.5. The maximum absolute atomic E-state index is 8.81. The Bertz CT molecular complexity index is 200. The van der Waals surface area contributed by atoms with Crippen LogP contribution in [0.25, 0.3) is 0 Å². The third-order valence-corrected chi connectivity index (χ3v) is 4.60. The van der Waals surface area contributed by atoms with Crippen molar-refractivity contribution in [1.29, 1.82) is 0 Å². The molecular formula is C22H47NO. The van der Waals surface area contributed by atoms with Gasteiger partial charge in [-0.25, -0.2) is 0 Å². The van der Waals surface area contributed by atoms with Gasteiger partial charge < -0.3 is 9.69 Å². The standard InChI is InChI=1S/C20H43N.C2H4O/c1-4-7-9-11-13-15-17-19-21(6-3)20-18-16-14-12-10-8-5-2;1-2-3/h4-20H2,1-3H3;2H,1H3. The van der Waals surface area contributed by atoms with Crippen LogP contribution in [0.5, 0.6) is 0 Å². The van der Waals surface area contributed by atoms with Gasteiger partial charge >= 0.3 is 0 Å². The number of hydrogen-bond donors (Lipinski definition) is 0. The van der Waals surface area contributed by atoms with E-state index in [1.54, 1.807) is 0 Å². The fourth-order valence-corrected chi connectivity index (χ4v) is 3.01. The lowest BCUT2D eigenvalue weighted by Gasteiger charge is -2.20. The lowest BCUT2D eigenvalue weighted by atomic mass is 10.1. The fourth-order valence-electron chi connectivity index (χ4n) is 3.01. The van der Waals surface area contributed by atoms with Crippen molar-refractivity contribution in [1.82, 2.24) is 4.90 Å². The van der Waals surface area contributed by atoms with Crippen molar-refractivity contribution < 1.29 is 4.79 Å². The third kappa shape index (κ3) is 23.9. The number of carbonyl (C=O) groups excluding carboxylic acids is 1. The van der Waals surface area contributed by atoms with Gasteiger partial charge in [-0.3, -0.25) is 0 Å². The molecule has 24 heavy (non-hydrogen) atoms. The number of nitrogens with zero attached hydrogens (tertiary/aromatic N) is 1. The van der Waals surface area contributed by atoms with Crippen LogP contribution in [-0.4, -0.2) is 30.8 Å². The minimum absolute atomic E-state index is 0.750. The van der Waals surface area contributed by atoms with Gasteiger partial charge in [-0.1, -0.05) is 97.8 Å². The molecule has 0 aliphatic carbocycles. The van der Waals surface area contributed by atoms with Crippen LogP contribution in [0.4, 0.5) is 0 Å². The molecule has 0 aromatic heterocycles. The molecule has 0 bridgehead atoms. The summed E-state index contributed by atoms with van der Waals surface area (Å²) >= 11 is 0. The second-order valence-electron chi connectivity index (χ2n) is 6.91. The number of hydrogen-bond acceptors (Lipinski definition) is 2. The molecule has 0 unspecified atom stereocenters. The third-order valence-electron chi connectivity index (χ3n) is 4.60. The summed E-state index contributed by atoms with van der Waals surface area (Å²) in [5.74, 6) is 0. The van der Waals surface area contributed by atoms with E-state index in [4.69, 9.17) is 4.79 Å². The predicted octanol–water partition coefficient (Wildman–Crippen LogP) is 7.01. The number of unbranched alkanes of at least 4 members (excludes halogenated alkanes) is 12. The van der Waals surface area contributed by atoms with Crippen LogP contribution in [0.15, 0.2) is 0 Å². The first kappa shape index (κ1) is 25.9. The molecule has 0 aliphatic heterocycles. The zero-order valence-corrected chi connectivity index (χ0v) is 17.5. The Balaban J connectivity index is 0. The van der Waals surface area contributed by atoms with Crippen LogP contribution in [0.3, 0.4) is 0 Å². The molecule has 2 heteroatoms. The Morgan fingerprint density at radius 2 is 0.875 bits per heavy atom. The predicted molar refractivity (Wildman–Crippen MR) is 110 cm³/mol. The first-order valence-electron chi connectivity index (χ1n) is 10.9. The molecule has 0 N–H and O–H groups in total. The summed E-state index contributed by atoms with van der Waals surface area (Å²) in [6, 6.07) is 0. The molecular weight excluding hydrogens is 294 g/mol. The van der Waals surface area contributed by atoms with Crippen LogP contribution in [0.2, 0.25) is 0 Å². The molecule has 0 radical (unpaired) electrons. The molecule has 0 atom stereocenters. The van der Waals surface area contributed by atoms with Gasteiger partial charge in [0.05, 0.1) is 0 Å². The smallest absolute Gasteiger partial charge is 0.116 e. The second-order valence-corrected chi connectivity index (χ2v) is 6.91. The minimum atomic E-state index is 0.750. The van der Waals surface area contributed by atoms with E-state index in [9.17, 15) is 0 Å². The minimum Gasteiger partial charge on any atom is -0.304 e. The Kier molecular flexibility index (Phi) is 26.8. The molecule has 0 saturated carbocycles. The molecule has 0 rings (SSSR count). The zero-order valence-electron chi connectivity index (χ0n) is 17.5. The Morgan fingerprint density at radius 1 is 0.583 bits per heavy atom. The average Bonchev–Trinajstić information content (AvgIpc) is 2.59. The summed E-state index contributed by atoms with van der Waals surface area (Å²) in [5.41, 5.74) is 0. The first-order chi connectivity index (χ1) is 11.8. The molecule has 146 valence electrons. The van der Waals surface area contributed by atoms with Gasteiger partial charge in [0.25, 0.3) is 0 Å². The lowest BCUT2D eigenvalue weighted by molar-refractivity contribution is -0.106. The highest BCUT2D eigenvalue weighted by Crippen LogP contribution is 2.10. The number of carbonyl (C=O) groups is 1. The van der Waals surface area contributed by atoms with Crippen LogP contribution in [0.1, 0.15) is 118 Å². The summed E-state index contributed by atoms with van der Waals surface area (Å²) in [6.07, 6.45) is 20.8. The van der Waals surface area contributed by atoms with E-state index >= 15 is 0 Å². The zero-order chi connectivity index (χ0) is 18.3. The van der Waals surface area contributed by atoms with Gasteiger partial charge in [0.15, 0.2) is 0 Å². The van der Waals surface area contributed by atoms with Crippen molar-refractivity contribution in [2.45, 2.75) is 118 Å². The van der Waals surface area contributed by atoms with Crippen molar-refractivity contribution in [2.24, 2.45) is 0 Å². The van der Waals surface area contributed by atoms with Gasteiger partial charge in [-0.05, 0) is 39.4 Å². The van der Waals surface area contributed by atoms with E-state index in [1.165, 1.54) is 116 Å². The van der Waals surface area contributed by atoms with E-state index in [0.29, 0.717) is 0 Å². The average molecular weight is 342 g/mol. The monoisotopic (exact) mass is 341 g/mol. The highest BCUT2D eigenvalue weighted by molar-refractivity contribution is 5.44. The Morgan fingerprint density at radius 3 is 1.17 bits per heavy atom. The van der Waals surface area contributed by atoms with E-state index < -0.39 is 0 Å². The molecule has 0 saturated heterocycles. The molecule has 2 nitrogen and oxygen atoms in total. The highest BCUT2D eigenvalue weighted by atomic mass is 16.1. The van der Waals surface area contributed by atoms with E-state index in [0.717, 1.165) is 6.29 Å². The maximum Gasteiger partial charge on any atom is 0.116 e. The topological polar surface area (TPSA) is 20.3 Å². The Hall–Kier alpha value is -0.370. The molecule has 0 heterocycles. The van der Waals surface area contributed by atoms with Crippen LogP contribution in [-0.2, 0) is 4.79 Å². The van der Waals surface area contributed by atoms with E-state index in [1.807, 2.05) is 0 Å². The van der Waals surface area contributed by atoms with Crippen molar-refractivity contribution in [3.63, 3.8) is 0 Å². The molecule has 0 aromatic rings. The SMILES string of the molecule is CC=O.CCCCCCCCCN(CC)CCCCCCCCC. The lowest BCUT2D eigenvalue weighted by Crippen LogP contribution is -2.25. The van der Waals surface area contributed by atoms with E-state index in [-0.39, 0.29) is 0 Å². The van der Waals surface area contributed by atoms with Crippen LogP contribution < -0.4 is 0 Å². The molecule has 0 fully saturated rings. The molecule has 0 amide bonds. The summed E-state index contributed by atoms with van der Waals surface area (Å²) in [6.45, 7) is 12.3. The summed E-state index contributed by atoms with van der Waals surface area (Å²) in [7, 11) is 0. The van der Waals surface area contributed by atoms with Crippen molar-refractivity contribution >= 4 is 6.29 Å². The van der Waals surface area contributed by atoms with Gasteiger partial charge in [0.2, 0.25) is 0 Å². The second kappa shape index (κ2) is 24.9. The van der Waals surface area contributed by atoms with E-state index in [2.05, 4.69) is 25.7 Å². The quantitative estimate of drug-likeness (QED) is 0.209. The normalized spacial score (nSPS) is 10.5. The molecule has 0 spiro atoms. The van der Waals surface area contributed by atoms with Gasteiger partial charge in [-0.2, -0.15) is 0 Å². The van der Waals surface area contributed by atoms with Crippen molar-refractivity contribution in [3.05, 3.63) is 0 Å². The largest absolute Gasteiger partial charge is 0.304 e. The van der Waals surface area contributed by atoms with Gasteiger partial charge in [-0.15, -0.1) is 0 Å². The Labute approximate surface area is 153 Å². The van der Waals surface area contributed by atoms with Crippen molar-refractivity contribution in [3.8, 4) is 0 Å². The van der Waals surface area contributed by atoms with Crippen LogP contribution in [0, 0.1) is 0 Å². The van der Waals surface area contributed by atoms with Gasteiger partial charge in [0.1, 0.15) is 6.29 Å². The number of rotatable bonds is 17. The molecule has 0 aliphatic rings. The highest BCUT2D eigenvalue weighted by Gasteiger charge is 2.01. The van der Waals surface area contributed by atoms with Crippen LogP contribution >= 0.6 is 0 Å². The maximum atomic E-state index is 8.81. The summed E-state index contributed by atoms with van der Waals surface area (Å²) in [5, 5.41) is 0. The summed E-state index contributed by atoms with van der Waals surface area (Å²) < 4.78 is 0. The fraction of sp³-hybridized carbons (Fsp3) is 0.955.